The van der Waals surface area contributed by atoms with Gasteiger partial charge in [0, 0.05) is 17.4 Å². The lowest BCUT2D eigenvalue weighted by molar-refractivity contribution is -0.114. The number of rotatable bonds is 5. The molecule has 20 heavy (non-hydrogen) atoms. The lowest BCUT2D eigenvalue weighted by Crippen LogP contribution is -2.21. The molecular formula is C16H18N2O2. The smallest absolute Gasteiger partial charge is 0.243 e. The van der Waals surface area contributed by atoms with Gasteiger partial charge >= 0.3 is 0 Å². The van der Waals surface area contributed by atoms with Gasteiger partial charge in [0.05, 0.1) is 13.7 Å². The van der Waals surface area contributed by atoms with Gasteiger partial charge in [-0.25, -0.2) is 0 Å². The van der Waals surface area contributed by atoms with Crippen molar-refractivity contribution >= 4 is 17.3 Å². The lowest BCUT2D eigenvalue weighted by Gasteiger charge is -2.09. The number of carbonyl (C=O) groups is 1. The second-order valence-electron chi connectivity index (χ2n) is 4.50. The minimum absolute atomic E-state index is 0.0974. The van der Waals surface area contributed by atoms with Crippen molar-refractivity contribution in [3.63, 3.8) is 0 Å². The van der Waals surface area contributed by atoms with Crippen LogP contribution in [0.4, 0.5) is 11.4 Å². The van der Waals surface area contributed by atoms with Gasteiger partial charge in [-0.2, -0.15) is 0 Å². The fourth-order valence-corrected chi connectivity index (χ4v) is 1.84. The van der Waals surface area contributed by atoms with Gasteiger partial charge in [-0.05, 0) is 36.8 Å². The van der Waals surface area contributed by atoms with E-state index in [1.807, 2.05) is 49.4 Å². The minimum Gasteiger partial charge on any atom is -0.497 e. The minimum atomic E-state index is -0.0974. The highest BCUT2D eigenvalue weighted by Crippen LogP contribution is 2.16. The summed E-state index contributed by atoms with van der Waals surface area (Å²) in [6.45, 7) is 2.24. The van der Waals surface area contributed by atoms with Crippen LogP contribution < -0.4 is 15.4 Å². The largest absolute Gasteiger partial charge is 0.497 e. The number of aryl methyl sites for hydroxylation is 1. The van der Waals surface area contributed by atoms with Gasteiger partial charge in [0.15, 0.2) is 0 Å². The second-order valence-corrected chi connectivity index (χ2v) is 4.50. The summed E-state index contributed by atoms with van der Waals surface area (Å²) in [7, 11) is 1.60. The quantitative estimate of drug-likeness (QED) is 0.878. The van der Waals surface area contributed by atoms with Crippen LogP contribution in [0.15, 0.2) is 48.5 Å². The molecule has 0 saturated carbocycles. The van der Waals surface area contributed by atoms with Gasteiger partial charge in [0.1, 0.15) is 5.75 Å². The molecule has 2 N–H and O–H groups in total. The Morgan fingerprint density at radius 3 is 2.60 bits per heavy atom. The molecule has 4 heteroatoms. The van der Waals surface area contributed by atoms with E-state index in [1.165, 1.54) is 0 Å². The number of methoxy groups -OCH3 is 1. The normalized spacial score (nSPS) is 9.90. The number of hydrogen-bond donors (Lipinski definition) is 2. The lowest BCUT2D eigenvalue weighted by atomic mass is 10.2. The highest BCUT2D eigenvalue weighted by molar-refractivity contribution is 5.93. The van der Waals surface area contributed by atoms with Gasteiger partial charge in [0.2, 0.25) is 5.91 Å². The highest BCUT2D eigenvalue weighted by Gasteiger charge is 2.03. The number of benzene rings is 2. The van der Waals surface area contributed by atoms with Crippen LogP contribution in [0.5, 0.6) is 5.75 Å². The zero-order valence-corrected chi connectivity index (χ0v) is 11.6. The number of anilines is 2. The van der Waals surface area contributed by atoms with Crippen molar-refractivity contribution in [3.8, 4) is 5.75 Å². The van der Waals surface area contributed by atoms with Crippen molar-refractivity contribution in [2.45, 2.75) is 6.92 Å². The third kappa shape index (κ3) is 4.02. The molecule has 0 unspecified atom stereocenters. The van der Waals surface area contributed by atoms with E-state index in [-0.39, 0.29) is 12.5 Å². The van der Waals surface area contributed by atoms with Crippen LogP contribution in [0.25, 0.3) is 0 Å². The molecule has 1 amide bonds. The molecule has 0 aliphatic carbocycles. The Morgan fingerprint density at radius 2 is 1.85 bits per heavy atom. The molecule has 0 aromatic heterocycles. The van der Waals surface area contributed by atoms with Gasteiger partial charge < -0.3 is 15.4 Å². The fourth-order valence-electron chi connectivity index (χ4n) is 1.84. The molecule has 0 atom stereocenters. The molecule has 2 aromatic carbocycles. The van der Waals surface area contributed by atoms with Crippen LogP contribution in [0, 0.1) is 6.92 Å². The third-order valence-corrected chi connectivity index (χ3v) is 2.82. The van der Waals surface area contributed by atoms with Crippen molar-refractivity contribution in [2.75, 3.05) is 24.3 Å². The summed E-state index contributed by atoms with van der Waals surface area (Å²) < 4.78 is 5.11. The first-order valence-corrected chi connectivity index (χ1v) is 6.42. The van der Waals surface area contributed by atoms with E-state index >= 15 is 0 Å². The van der Waals surface area contributed by atoms with E-state index < -0.39 is 0 Å². The summed E-state index contributed by atoms with van der Waals surface area (Å²) in [5.74, 6) is 0.620. The Morgan fingerprint density at radius 1 is 1.10 bits per heavy atom. The molecule has 0 saturated heterocycles. The predicted octanol–water partition coefficient (Wildman–Crippen LogP) is 3.05. The molecule has 0 aliphatic heterocycles. The van der Waals surface area contributed by atoms with Crippen molar-refractivity contribution < 1.29 is 9.53 Å². The molecular weight excluding hydrogens is 252 g/mol. The van der Waals surface area contributed by atoms with Crippen LogP contribution >= 0.6 is 0 Å². The Balaban J connectivity index is 1.89. The first kappa shape index (κ1) is 13.9. The Labute approximate surface area is 118 Å². The SMILES string of the molecule is COc1cccc(NC(=O)CNc2cccc(C)c2)c1. The molecule has 4 nitrogen and oxygen atoms in total. The molecule has 0 radical (unpaired) electrons. The summed E-state index contributed by atoms with van der Waals surface area (Å²) in [6.07, 6.45) is 0. The van der Waals surface area contributed by atoms with Crippen molar-refractivity contribution in [2.24, 2.45) is 0 Å². The zero-order chi connectivity index (χ0) is 14.4. The van der Waals surface area contributed by atoms with Gasteiger partial charge in [-0.1, -0.05) is 18.2 Å². The van der Waals surface area contributed by atoms with Crippen LogP contribution in [0.3, 0.4) is 0 Å². The summed E-state index contributed by atoms with van der Waals surface area (Å²) in [5.41, 5.74) is 2.81. The molecule has 0 aliphatic rings. The summed E-state index contributed by atoms with van der Waals surface area (Å²) in [5, 5.41) is 5.91. The highest BCUT2D eigenvalue weighted by atomic mass is 16.5. The van der Waals surface area contributed by atoms with E-state index in [1.54, 1.807) is 13.2 Å². The van der Waals surface area contributed by atoms with E-state index in [2.05, 4.69) is 10.6 Å². The summed E-state index contributed by atoms with van der Waals surface area (Å²) >= 11 is 0. The first-order valence-electron chi connectivity index (χ1n) is 6.42. The molecule has 2 rings (SSSR count). The predicted molar refractivity (Wildman–Crippen MR) is 81.3 cm³/mol. The monoisotopic (exact) mass is 270 g/mol. The Kier molecular flexibility index (Phi) is 4.60. The maximum atomic E-state index is 11.9. The van der Waals surface area contributed by atoms with Crippen LogP contribution in [-0.2, 0) is 4.79 Å². The molecule has 0 fully saturated rings. The topological polar surface area (TPSA) is 50.4 Å². The van der Waals surface area contributed by atoms with Gasteiger partial charge in [-0.3, -0.25) is 4.79 Å². The average molecular weight is 270 g/mol. The Hall–Kier alpha value is -2.49. The zero-order valence-electron chi connectivity index (χ0n) is 11.6. The number of ether oxygens (including phenoxy) is 1. The Bertz CT molecular complexity index is 597. The number of nitrogens with one attached hydrogen (secondary N) is 2. The standard InChI is InChI=1S/C16H18N2O2/c1-12-5-3-6-13(9-12)17-11-16(19)18-14-7-4-8-15(10-14)20-2/h3-10,17H,11H2,1-2H3,(H,18,19). The molecule has 0 spiro atoms. The third-order valence-electron chi connectivity index (χ3n) is 2.82. The molecule has 0 bridgehead atoms. The maximum Gasteiger partial charge on any atom is 0.243 e. The second kappa shape index (κ2) is 6.61. The number of amides is 1. The molecule has 104 valence electrons. The van der Waals surface area contributed by atoms with Gasteiger partial charge in [-0.15, -0.1) is 0 Å². The van der Waals surface area contributed by atoms with E-state index in [4.69, 9.17) is 4.74 Å². The van der Waals surface area contributed by atoms with Crippen LogP contribution in [-0.4, -0.2) is 19.6 Å². The summed E-state index contributed by atoms with van der Waals surface area (Å²) in [4.78, 5) is 11.9. The molecule has 2 aromatic rings. The first-order chi connectivity index (χ1) is 9.67. The van der Waals surface area contributed by atoms with E-state index in [0.29, 0.717) is 0 Å². The van der Waals surface area contributed by atoms with Crippen LogP contribution in [0.2, 0.25) is 0 Å². The van der Waals surface area contributed by atoms with Crippen molar-refractivity contribution in [1.29, 1.82) is 0 Å². The van der Waals surface area contributed by atoms with Crippen LogP contribution in [0.1, 0.15) is 5.56 Å². The number of carbonyl (C=O) groups excluding carboxylic acids is 1. The van der Waals surface area contributed by atoms with Crippen molar-refractivity contribution in [3.05, 3.63) is 54.1 Å². The number of hydrogen-bond acceptors (Lipinski definition) is 3. The average Bonchev–Trinajstić information content (AvgIpc) is 2.45. The maximum absolute atomic E-state index is 11.9. The van der Waals surface area contributed by atoms with E-state index in [9.17, 15) is 4.79 Å². The van der Waals surface area contributed by atoms with Crippen molar-refractivity contribution in [1.82, 2.24) is 0 Å². The fraction of sp³-hybridized carbons (Fsp3) is 0.188. The van der Waals surface area contributed by atoms with Gasteiger partial charge in [0.25, 0.3) is 0 Å². The molecule has 0 heterocycles. The van der Waals surface area contributed by atoms with E-state index in [0.717, 1.165) is 22.7 Å². The summed E-state index contributed by atoms with van der Waals surface area (Å²) in [6, 6.07) is 15.2.